The average Bonchev–Trinajstić information content (AvgIpc) is 3.01. The molecule has 0 atom stereocenters. The molecule has 2 rings (SSSR count). The second kappa shape index (κ2) is 10.3. The Kier molecular flexibility index (Phi) is 8.13. The summed E-state index contributed by atoms with van der Waals surface area (Å²) in [7, 11) is -2.10. The van der Waals surface area contributed by atoms with Crippen molar-refractivity contribution in [3.63, 3.8) is 0 Å². The molecule has 0 spiro atoms. The van der Waals surface area contributed by atoms with Crippen molar-refractivity contribution in [2.75, 3.05) is 20.3 Å². The molecule has 0 bridgehead atoms. The van der Waals surface area contributed by atoms with Crippen LogP contribution in [-0.2, 0) is 27.9 Å². The number of hydrogen-bond donors (Lipinski definition) is 1. The van der Waals surface area contributed by atoms with E-state index in [0.29, 0.717) is 10.9 Å². The predicted molar refractivity (Wildman–Crippen MR) is 108 cm³/mol. The lowest BCUT2D eigenvalue weighted by Gasteiger charge is -2.16. The molecule has 0 radical (unpaired) electrons. The molecule has 0 saturated carbocycles. The van der Waals surface area contributed by atoms with Crippen LogP contribution in [0.15, 0.2) is 45.4 Å². The summed E-state index contributed by atoms with van der Waals surface area (Å²) in [6.45, 7) is 4.04. The summed E-state index contributed by atoms with van der Waals surface area (Å²) < 4.78 is 27.8. The number of hydrogen-bond acceptors (Lipinski definition) is 9. The van der Waals surface area contributed by atoms with Gasteiger partial charge in [-0.25, -0.2) is 4.79 Å². The summed E-state index contributed by atoms with van der Waals surface area (Å²) in [6, 6.07) is 6.69. The van der Waals surface area contributed by atoms with Crippen LogP contribution in [0.1, 0.15) is 19.4 Å². The summed E-state index contributed by atoms with van der Waals surface area (Å²) >= 11 is 0.980. The number of methoxy groups -OCH3 is 1. The zero-order valence-corrected chi connectivity index (χ0v) is 17.3. The quantitative estimate of drug-likeness (QED) is 0.223. The smallest absolute Gasteiger partial charge is 0.361 e. The third-order valence-electron chi connectivity index (χ3n) is 3.26. The number of nitrogens with one attached hydrogen (secondary N) is 1. The van der Waals surface area contributed by atoms with Crippen molar-refractivity contribution < 1.29 is 27.9 Å². The third-order valence-corrected chi connectivity index (χ3v) is 6.29. The number of nitrogens with zero attached hydrogens (tertiary/aromatic N) is 2. The minimum Gasteiger partial charge on any atom is -0.466 e. The van der Waals surface area contributed by atoms with Crippen LogP contribution < -0.4 is 10.6 Å². The lowest BCUT2D eigenvalue weighted by Crippen LogP contribution is -2.19. The summed E-state index contributed by atoms with van der Waals surface area (Å²) in [5.74, 6) is -1.07. The molecule has 1 aromatic rings. The number of ether oxygens (including phenoxy) is 1. The van der Waals surface area contributed by atoms with Crippen LogP contribution in [0, 0.1) is 0 Å². The number of benzene rings is 1. The van der Waals surface area contributed by atoms with Crippen molar-refractivity contribution >= 4 is 47.9 Å². The van der Waals surface area contributed by atoms with Gasteiger partial charge in [-0.1, -0.05) is 12.1 Å². The van der Waals surface area contributed by atoms with Crippen molar-refractivity contribution in [3.05, 3.63) is 40.8 Å². The molecule has 1 fully saturated rings. The molecule has 0 aromatic heterocycles. The maximum absolute atomic E-state index is 12.7. The second-order valence-corrected chi connectivity index (χ2v) is 8.22. The predicted octanol–water partition coefficient (Wildman–Crippen LogP) is 2.19. The van der Waals surface area contributed by atoms with Crippen LogP contribution in [0.4, 0.5) is 0 Å². The SMILES string of the molecule is CCOP(=O)(OCC)c1ccc(C=N/N=C2/NC(=O)/C(=C\C(=O)OC)S2)cc1. The van der Waals surface area contributed by atoms with E-state index < -0.39 is 19.5 Å². The van der Waals surface area contributed by atoms with Gasteiger partial charge < -0.3 is 13.8 Å². The fourth-order valence-electron chi connectivity index (χ4n) is 2.06. The zero-order chi connectivity index (χ0) is 20.6. The number of thioether (sulfide) groups is 1. The van der Waals surface area contributed by atoms with Crippen LogP contribution in [0.25, 0.3) is 0 Å². The molecule has 150 valence electrons. The Bertz CT molecular complexity index is 856. The van der Waals surface area contributed by atoms with Crippen LogP contribution in [0.3, 0.4) is 0 Å². The van der Waals surface area contributed by atoms with Gasteiger partial charge in [0.05, 0.1) is 36.7 Å². The van der Waals surface area contributed by atoms with E-state index in [0.717, 1.165) is 17.8 Å². The molecular formula is C17H20N3O6PS. The van der Waals surface area contributed by atoms with Gasteiger partial charge in [-0.05, 0) is 43.3 Å². The largest absolute Gasteiger partial charge is 0.466 e. The van der Waals surface area contributed by atoms with Gasteiger partial charge in [0.15, 0.2) is 5.17 Å². The highest BCUT2D eigenvalue weighted by molar-refractivity contribution is 8.18. The van der Waals surface area contributed by atoms with Crippen LogP contribution in [0.2, 0.25) is 0 Å². The normalized spacial score (nSPS) is 17.5. The molecule has 11 heteroatoms. The fourth-order valence-corrected chi connectivity index (χ4v) is 4.36. The maximum Gasteiger partial charge on any atom is 0.361 e. The number of amidine groups is 1. The highest BCUT2D eigenvalue weighted by Crippen LogP contribution is 2.46. The molecule has 1 heterocycles. The minimum atomic E-state index is -3.33. The first-order valence-electron chi connectivity index (χ1n) is 8.31. The van der Waals surface area contributed by atoms with Gasteiger partial charge in [0, 0.05) is 6.08 Å². The lowest BCUT2D eigenvalue weighted by atomic mass is 10.2. The first kappa shape index (κ1) is 22.0. The van der Waals surface area contributed by atoms with Gasteiger partial charge >= 0.3 is 13.6 Å². The highest BCUT2D eigenvalue weighted by Gasteiger charge is 2.26. The standard InChI is InChI=1S/C17H20N3O6PS/c1-4-25-27(23,26-5-2)13-8-6-12(7-9-13)11-18-20-17-19-16(22)14(28-17)10-15(21)24-3/h6-11H,4-5H2,1-3H3,(H,19,20,22)/b14-10+,18-11?. The number of rotatable bonds is 8. The second-order valence-electron chi connectivity index (χ2n) is 5.16. The van der Waals surface area contributed by atoms with E-state index in [2.05, 4.69) is 20.3 Å². The van der Waals surface area contributed by atoms with Gasteiger partial charge in [0.1, 0.15) is 0 Å². The zero-order valence-electron chi connectivity index (χ0n) is 15.6. The van der Waals surface area contributed by atoms with Gasteiger partial charge in [-0.3, -0.25) is 14.7 Å². The molecule has 28 heavy (non-hydrogen) atoms. The molecule has 0 unspecified atom stereocenters. The van der Waals surface area contributed by atoms with Gasteiger partial charge in [0.25, 0.3) is 5.91 Å². The Morgan fingerprint density at radius 1 is 1.21 bits per heavy atom. The fraction of sp³-hybridized carbons (Fsp3) is 0.294. The van der Waals surface area contributed by atoms with E-state index in [4.69, 9.17) is 9.05 Å². The van der Waals surface area contributed by atoms with Crippen LogP contribution >= 0.6 is 19.4 Å². The molecule has 1 amide bonds. The van der Waals surface area contributed by atoms with E-state index in [-0.39, 0.29) is 23.3 Å². The van der Waals surface area contributed by atoms with Crippen molar-refractivity contribution in [3.8, 4) is 0 Å². The number of esters is 1. The molecule has 1 aliphatic heterocycles. The van der Waals surface area contributed by atoms with Crippen LogP contribution in [-0.4, -0.2) is 43.6 Å². The molecule has 1 aliphatic rings. The van der Waals surface area contributed by atoms with Crippen molar-refractivity contribution in [2.45, 2.75) is 13.8 Å². The lowest BCUT2D eigenvalue weighted by molar-refractivity contribution is -0.135. The Balaban J connectivity index is 2.06. The van der Waals surface area contributed by atoms with E-state index in [9.17, 15) is 14.2 Å². The van der Waals surface area contributed by atoms with Crippen molar-refractivity contribution in [2.24, 2.45) is 10.2 Å². The highest BCUT2D eigenvalue weighted by atomic mass is 32.2. The first-order valence-corrected chi connectivity index (χ1v) is 10.7. The van der Waals surface area contributed by atoms with E-state index >= 15 is 0 Å². The molecule has 1 N–H and O–H groups in total. The van der Waals surface area contributed by atoms with Crippen molar-refractivity contribution in [1.82, 2.24) is 5.32 Å². The Hall–Kier alpha value is -2.26. The number of carbonyl (C=O) groups is 2. The summed E-state index contributed by atoms with van der Waals surface area (Å²) in [5, 5.41) is 11.0. The summed E-state index contributed by atoms with van der Waals surface area (Å²) in [5.41, 5.74) is 0.701. The average molecular weight is 425 g/mol. The summed E-state index contributed by atoms with van der Waals surface area (Å²) in [4.78, 5) is 23.1. The molecule has 9 nitrogen and oxygen atoms in total. The molecule has 0 aliphatic carbocycles. The number of amides is 1. The first-order chi connectivity index (χ1) is 13.4. The Morgan fingerprint density at radius 3 is 2.43 bits per heavy atom. The monoisotopic (exact) mass is 425 g/mol. The van der Waals surface area contributed by atoms with Gasteiger partial charge in [-0.2, -0.15) is 5.10 Å². The van der Waals surface area contributed by atoms with Gasteiger partial charge in [0.2, 0.25) is 0 Å². The van der Waals surface area contributed by atoms with Crippen LogP contribution in [0.5, 0.6) is 0 Å². The topological polar surface area (TPSA) is 116 Å². The third kappa shape index (κ3) is 5.87. The summed E-state index contributed by atoms with van der Waals surface area (Å²) in [6.07, 6.45) is 2.55. The van der Waals surface area contributed by atoms with E-state index in [1.54, 1.807) is 38.1 Å². The maximum atomic E-state index is 12.7. The number of carbonyl (C=O) groups excluding carboxylic acids is 2. The molecule has 1 aromatic carbocycles. The molecule has 1 saturated heterocycles. The Labute approximate surface area is 166 Å². The van der Waals surface area contributed by atoms with Gasteiger partial charge in [-0.15, -0.1) is 5.10 Å². The molecular weight excluding hydrogens is 405 g/mol. The van der Waals surface area contributed by atoms with E-state index in [1.165, 1.54) is 13.3 Å². The minimum absolute atomic E-state index is 0.174. The van der Waals surface area contributed by atoms with E-state index in [1.807, 2.05) is 0 Å². The Morgan fingerprint density at radius 2 is 1.86 bits per heavy atom. The van der Waals surface area contributed by atoms with Crippen molar-refractivity contribution in [1.29, 1.82) is 0 Å².